The summed E-state index contributed by atoms with van der Waals surface area (Å²) in [6, 6.07) is 1.76. The highest BCUT2D eigenvalue weighted by Gasteiger charge is 2.25. The third-order valence-electron chi connectivity index (χ3n) is 2.12. The summed E-state index contributed by atoms with van der Waals surface area (Å²) in [7, 11) is 0. The molecule has 0 unspecified atom stereocenters. The molecule has 0 radical (unpaired) electrons. The summed E-state index contributed by atoms with van der Waals surface area (Å²) >= 11 is 0. The maximum atomic E-state index is 9.90. The molecular weight excluding hydrogens is 190 g/mol. The Morgan fingerprint density at radius 3 is 2.87 bits per heavy atom. The highest BCUT2D eigenvalue weighted by molar-refractivity contribution is 5.59. The summed E-state index contributed by atoms with van der Waals surface area (Å²) in [6.07, 6.45) is 8.80. The van der Waals surface area contributed by atoms with Crippen LogP contribution in [-0.4, -0.2) is 19.7 Å². The van der Waals surface area contributed by atoms with Gasteiger partial charge in [-0.2, -0.15) is 5.10 Å². The van der Waals surface area contributed by atoms with Crippen molar-refractivity contribution >= 4 is 5.65 Å². The molecule has 2 aromatic rings. The van der Waals surface area contributed by atoms with E-state index in [2.05, 4.69) is 16.0 Å². The van der Waals surface area contributed by atoms with E-state index in [1.54, 1.807) is 36.8 Å². The van der Waals surface area contributed by atoms with E-state index in [1.165, 1.54) is 0 Å². The maximum absolute atomic E-state index is 9.90. The van der Waals surface area contributed by atoms with Crippen molar-refractivity contribution < 1.29 is 5.11 Å². The molecule has 2 heterocycles. The SMILES string of the molecule is C#Cc1c(C(C)(C)O)nn2cccnc12. The second-order valence-corrected chi connectivity index (χ2v) is 3.81. The Bertz CT molecular complexity index is 543. The number of hydrogen-bond donors (Lipinski definition) is 1. The number of aliphatic hydroxyl groups is 1. The van der Waals surface area contributed by atoms with Crippen LogP contribution in [0.2, 0.25) is 0 Å². The molecule has 0 saturated carbocycles. The van der Waals surface area contributed by atoms with Crippen LogP contribution in [0.5, 0.6) is 0 Å². The van der Waals surface area contributed by atoms with Crippen LogP contribution in [0.3, 0.4) is 0 Å². The van der Waals surface area contributed by atoms with Gasteiger partial charge in [-0.15, -0.1) is 6.42 Å². The summed E-state index contributed by atoms with van der Waals surface area (Å²) in [5, 5.41) is 14.1. The lowest BCUT2D eigenvalue weighted by molar-refractivity contribution is 0.0733. The molecule has 1 N–H and O–H groups in total. The zero-order chi connectivity index (χ0) is 11.1. The molecule has 0 fully saturated rings. The van der Waals surface area contributed by atoms with Gasteiger partial charge in [0.1, 0.15) is 11.3 Å². The molecule has 0 atom stereocenters. The second kappa shape index (κ2) is 3.07. The van der Waals surface area contributed by atoms with Crippen LogP contribution in [0.25, 0.3) is 5.65 Å². The monoisotopic (exact) mass is 201 g/mol. The fraction of sp³-hybridized carbons (Fsp3) is 0.273. The van der Waals surface area contributed by atoms with Gasteiger partial charge in [-0.1, -0.05) is 5.92 Å². The highest BCUT2D eigenvalue weighted by Crippen LogP contribution is 2.23. The molecule has 0 saturated heterocycles. The number of hydrogen-bond acceptors (Lipinski definition) is 3. The minimum Gasteiger partial charge on any atom is -0.384 e. The van der Waals surface area contributed by atoms with Gasteiger partial charge in [0.25, 0.3) is 0 Å². The molecule has 0 spiro atoms. The number of rotatable bonds is 1. The maximum Gasteiger partial charge on any atom is 0.171 e. The first-order chi connectivity index (χ1) is 7.04. The molecule has 2 aromatic heterocycles. The van der Waals surface area contributed by atoms with Crippen LogP contribution < -0.4 is 0 Å². The van der Waals surface area contributed by atoms with E-state index < -0.39 is 5.60 Å². The molecule has 0 amide bonds. The Balaban J connectivity index is 2.83. The van der Waals surface area contributed by atoms with Crippen LogP contribution in [0.1, 0.15) is 25.1 Å². The quantitative estimate of drug-likeness (QED) is 0.698. The topological polar surface area (TPSA) is 50.4 Å². The zero-order valence-corrected chi connectivity index (χ0v) is 8.60. The van der Waals surface area contributed by atoms with Crippen LogP contribution in [0, 0.1) is 12.3 Å². The lowest BCUT2D eigenvalue weighted by Gasteiger charge is -2.13. The van der Waals surface area contributed by atoms with Crippen molar-refractivity contribution in [3.8, 4) is 12.3 Å². The van der Waals surface area contributed by atoms with Crippen molar-refractivity contribution in [1.82, 2.24) is 14.6 Å². The van der Waals surface area contributed by atoms with Crippen LogP contribution in [0.15, 0.2) is 18.5 Å². The Kier molecular flexibility index (Phi) is 1.98. The summed E-state index contributed by atoms with van der Waals surface area (Å²) in [5.41, 5.74) is 0.555. The number of aromatic nitrogens is 3. The normalized spacial score (nSPS) is 11.6. The van der Waals surface area contributed by atoms with Crippen molar-refractivity contribution in [2.45, 2.75) is 19.4 Å². The van der Waals surface area contributed by atoms with Crippen molar-refractivity contribution in [2.24, 2.45) is 0 Å². The van der Waals surface area contributed by atoms with Gasteiger partial charge >= 0.3 is 0 Å². The lowest BCUT2D eigenvalue weighted by atomic mass is 10.0. The first-order valence-corrected chi connectivity index (χ1v) is 4.57. The van der Waals surface area contributed by atoms with Crippen molar-refractivity contribution in [3.63, 3.8) is 0 Å². The number of terminal acetylenes is 1. The molecule has 0 aliphatic rings. The average Bonchev–Trinajstić information content (AvgIpc) is 2.55. The smallest absolute Gasteiger partial charge is 0.171 e. The summed E-state index contributed by atoms with van der Waals surface area (Å²) < 4.78 is 1.57. The predicted molar refractivity (Wildman–Crippen MR) is 56.2 cm³/mol. The average molecular weight is 201 g/mol. The van der Waals surface area contributed by atoms with Gasteiger partial charge in [0.2, 0.25) is 0 Å². The fourth-order valence-corrected chi connectivity index (χ4v) is 1.45. The minimum absolute atomic E-state index is 0.476. The van der Waals surface area contributed by atoms with Crippen molar-refractivity contribution in [1.29, 1.82) is 0 Å². The van der Waals surface area contributed by atoms with Gasteiger partial charge in [-0.3, -0.25) is 0 Å². The Morgan fingerprint density at radius 2 is 2.27 bits per heavy atom. The van der Waals surface area contributed by atoms with E-state index in [4.69, 9.17) is 6.42 Å². The van der Waals surface area contributed by atoms with E-state index in [9.17, 15) is 5.11 Å². The molecule has 2 rings (SSSR count). The molecule has 15 heavy (non-hydrogen) atoms. The first kappa shape index (κ1) is 9.69. The second-order valence-electron chi connectivity index (χ2n) is 3.81. The van der Waals surface area contributed by atoms with E-state index in [0.717, 1.165) is 0 Å². The predicted octanol–water partition coefficient (Wildman–Crippen LogP) is 0.938. The first-order valence-electron chi connectivity index (χ1n) is 4.57. The van der Waals surface area contributed by atoms with Gasteiger partial charge in [0, 0.05) is 12.4 Å². The minimum atomic E-state index is -1.06. The summed E-state index contributed by atoms with van der Waals surface area (Å²) in [6.45, 7) is 3.30. The van der Waals surface area contributed by atoms with Crippen LogP contribution >= 0.6 is 0 Å². The highest BCUT2D eigenvalue weighted by atomic mass is 16.3. The molecular formula is C11H11N3O. The van der Waals surface area contributed by atoms with Gasteiger partial charge < -0.3 is 5.11 Å². The Morgan fingerprint density at radius 1 is 1.53 bits per heavy atom. The van der Waals surface area contributed by atoms with E-state index >= 15 is 0 Å². The molecule has 0 aliphatic carbocycles. The molecule has 0 aliphatic heterocycles. The van der Waals surface area contributed by atoms with Crippen LogP contribution in [-0.2, 0) is 5.60 Å². The number of fused-ring (bicyclic) bond motifs is 1. The third kappa shape index (κ3) is 1.47. The molecule has 0 bridgehead atoms. The van der Waals surface area contributed by atoms with E-state index in [1.807, 2.05) is 0 Å². The molecule has 76 valence electrons. The van der Waals surface area contributed by atoms with E-state index in [0.29, 0.717) is 16.9 Å². The fourth-order valence-electron chi connectivity index (χ4n) is 1.45. The summed E-state index contributed by atoms with van der Waals surface area (Å²) in [4.78, 5) is 4.13. The standard InChI is InChI=1S/C11H11N3O/c1-4-8-9(11(2,3)15)13-14-7-5-6-12-10(8)14/h1,5-7,15H,2-3H3. The van der Waals surface area contributed by atoms with Gasteiger partial charge in [0.15, 0.2) is 5.65 Å². The van der Waals surface area contributed by atoms with Crippen molar-refractivity contribution in [2.75, 3.05) is 0 Å². The van der Waals surface area contributed by atoms with Crippen LogP contribution in [0.4, 0.5) is 0 Å². The Hall–Kier alpha value is -1.86. The zero-order valence-electron chi connectivity index (χ0n) is 8.60. The third-order valence-corrected chi connectivity index (χ3v) is 2.12. The lowest BCUT2D eigenvalue weighted by Crippen LogP contribution is -2.17. The molecule has 4 nitrogen and oxygen atoms in total. The Labute approximate surface area is 87.6 Å². The number of nitrogens with zero attached hydrogens (tertiary/aromatic N) is 3. The van der Waals surface area contributed by atoms with E-state index in [-0.39, 0.29) is 0 Å². The largest absolute Gasteiger partial charge is 0.384 e. The van der Waals surface area contributed by atoms with Crippen molar-refractivity contribution in [3.05, 3.63) is 29.7 Å². The van der Waals surface area contributed by atoms with Gasteiger partial charge in [-0.05, 0) is 19.9 Å². The molecule has 0 aromatic carbocycles. The summed E-state index contributed by atoms with van der Waals surface area (Å²) in [5.74, 6) is 2.52. The van der Waals surface area contributed by atoms with Gasteiger partial charge in [0.05, 0.1) is 5.56 Å². The van der Waals surface area contributed by atoms with Gasteiger partial charge in [-0.25, -0.2) is 9.50 Å². The molecule has 4 heteroatoms.